The van der Waals surface area contributed by atoms with Gasteiger partial charge in [-0.25, -0.2) is 4.79 Å². The Morgan fingerprint density at radius 3 is 2.48 bits per heavy atom. The van der Waals surface area contributed by atoms with Crippen LogP contribution in [-0.4, -0.2) is 88.8 Å². The summed E-state index contributed by atoms with van der Waals surface area (Å²) < 4.78 is 0. The molecule has 0 unspecified atom stereocenters. The van der Waals surface area contributed by atoms with E-state index in [4.69, 9.17) is 5.11 Å². The third-order valence-corrected chi connectivity index (χ3v) is 7.45. The molecule has 0 spiro atoms. The van der Waals surface area contributed by atoms with Crippen LogP contribution in [0.15, 0.2) is 0 Å². The number of rotatable bonds is 8. The lowest BCUT2D eigenvalue weighted by Gasteiger charge is -2.44. The van der Waals surface area contributed by atoms with E-state index in [9.17, 15) is 9.59 Å². The predicted molar refractivity (Wildman–Crippen MR) is 108 cm³/mol. The van der Waals surface area contributed by atoms with Crippen LogP contribution < -0.4 is 10.6 Å². The maximum atomic E-state index is 12.4. The van der Waals surface area contributed by atoms with Crippen molar-refractivity contribution in [2.24, 2.45) is 0 Å². The Labute approximate surface area is 166 Å². The van der Waals surface area contributed by atoms with Gasteiger partial charge in [-0.2, -0.15) is 11.8 Å². The van der Waals surface area contributed by atoms with E-state index >= 15 is 0 Å². The van der Waals surface area contributed by atoms with Gasteiger partial charge in [0.15, 0.2) is 0 Å². The Hall–Kier alpha value is -0.990. The van der Waals surface area contributed by atoms with E-state index in [1.54, 1.807) is 0 Å². The standard InChI is InChI=1S/C19H34N4O3S/c1-2-22(13-17(24)25)16-11-15(12-16)21-18(26)20-14-19(5-3-4-6-19)23-7-9-27-10-8-23/h15-16H,2-14H2,1H3,(H,24,25)(H2,20,21,26). The first-order chi connectivity index (χ1) is 13.0. The third kappa shape index (κ3) is 5.29. The van der Waals surface area contributed by atoms with Gasteiger partial charge in [0.2, 0.25) is 0 Å². The third-order valence-electron chi connectivity index (χ3n) is 6.50. The number of urea groups is 1. The number of hydrogen-bond donors (Lipinski definition) is 3. The van der Waals surface area contributed by atoms with Crippen molar-refractivity contribution < 1.29 is 14.7 Å². The summed E-state index contributed by atoms with van der Waals surface area (Å²) in [5, 5.41) is 15.2. The minimum absolute atomic E-state index is 0.0719. The number of thioether (sulfide) groups is 1. The molecule has 0 atom stereocenters. The molecule has 2 saturated carbocycles. The number of carbonyl (C=O) groups excluding carboxylic acids is 1. The average Bonchev–Trinajstić information content (AvgIpc) is 3.12. The second-order valence-electron chi connectivity index (χ2n) is 8.14. The number of amides is 2. The van der Waals surface area contributed by atoms with Crippen LogP contribution in [0.25, 0.3) is 0 Å². The summed E-state index contributed by atoms with van der Waals surface area (Å²) in [7, 11) is 0. The van der Waals surface area contributed by atoms with Crippen molar-refractivity contribution in [3.63, 3.8) is 0 Å². The zero-order valence-electron chi connectivity index (χ0n) is 16.4. The van der Waals surface area contributed by atoms with Gasteiger partial charge >= 0.3 is 12.0 Å². The topological polar surface area (TPSA) is 84.9 Å². The summed E-state index contributed by atoms with van der Waals surface area (Å²) in [6, 6.07) is 0.351. The minimum atomic E-state index is -0.788. The van der Waals surface area contributed by atoms with Gasteiger partial charge in [0, 0.05) is 48.8 Å². The molecule has 0 radical (unpaired) electrons. The molecule has 1 saturated heterocycles. The van der Waals surface area contributed by atoms with E-state index in [2.05, 4.69) is 15.5 Å². The van der Waals surface area contributed by atoms with Gasteiger partial charge < -0.3 is 15.7 Å². The van der Waals surface area contributed by atoms with Crippen LogP contribution in [-0.2, 0) is 4.79 Å². The van der Waals surface area contributed by atoms with E-state index in [0.717, 1.165) is 39.0 Å². The highest BCUT2D eigenvalue weighted by Crippen LogP contribution is 2.36. The Morgan fingerprint density at radius 1 is 1.22 bits per heavy atom. The second-order valence-corrected chi connectivity index (χ2v) is 9.36. The van der Waals surface area contributed by atoms with Crippen LogP contribution in [0.4, 0.5) is 4.79 Å². The number of carboxylic acid groups (broad SMARTS) is 1. The lowest BCUT2D eigenvalue weighted by Crippen LogP contribution is -2.60. The molecule has 3 aliphatic rings. The van der Waals surface area contributed by atoms with Crippen LogP contribution in [0.1, 0.15) is 45.4 Å². The van der Waals surface area contributed by atoms with Gasteiger partial charge in [-0.3, -0.25) is 14.6 Å². The SMILES string of the molecule is CCN(CC(=O)O)C1CC(NC(=O)NCC2(N3CCSCC3)CCCC2)C1. The molecule has 0 aromatic rings. The van der Waals surface area contributed by atoms with Crippen molar-refractivity contribution in [2.45, 2.75) is 63.1 Å². The van der Waals surface area contributed by atoms with E-state index in [1.807, 2.05) is 23.6 Å². The van der Waals surface area contributed by atoms with Gasteiger partial charge in [-0.1, -0.05) is 19.8 Å². The van der Waals surface area contributed by atoms with E-state index in [0.29, 0.717) is 0 Å². The van der Waals surface area contributed by atoms with E-state index in [-0.39, 0.29) is 30.2 Å². The number of carbonyl (C=O) groups is 2. The molecule has 8 heteroatoms. The first-order valence-corrected chi connectivity index (χ1v) is 11.5. The van der Waals surface area contributed by atoms with Crippen molar-refractivity contribution in [3.8, 4) is 0 Å². The molecule has 0 aromatic carbocycles. The lowest BCUT2D eigenvalue weighted by atomic mass is 9.85. The fourth-order valence-corrected chi connectivity index (χ4v) is 5.74. The molecular weight excluding hydrogens is 364 g/mol. The van der Waals surface area contributed by atoms with Gasteiger partial charge in [-0.05, 0) is 32.2 Å². The van der Waals surface area contributed by atoms with Crippen LogP contribution >= 0.6 is 11.8 Å². The van der Waals surface area contributed by atoms with Crippen LogP contribution in [0.5, 0.6) is 0 Å². The average molecular weight is 399 g/mol. The summed E-state index contributed by atoms with van der Waals surface area (Å²) >= 11 is 2.03. The van der Waals surface area contributed by atoms with Crippen LogP contribution in [0.2, 0.25) is 0 Å². The highest BCUT2D eigenvalue weighted by Gasteiger charge is 2.40. The number of likely N-dealkylation sites (N-methyl/N-ethyl adjacent to an activating group) is 1. The van der Waals surface area contributed by atoms with Crippen molar-refractivity contribution in [2.75, 3.05) is 44.2 Å². The molecule has 0 bridgehead atoms. The van der Waals surface area contributed by atoms with Crippen molar-refractivity contribution in [1.82, 2.24) is 20.4 Å². The van der Waals surface area contributed by atoms with Crippen molar-refractivity contribution in [3.05, 3.63) is 0 Å². The van der Waals surface area contributed by atoms with E-state index in [1.165, 1.54) is 37.2 Å². The maximum absolute atomic E-state index is 12.4. The quantitative estimate of drug-likeness (QED) is 0.576. The van der Waals surface area contributed by atoms with Crippen molar-refractivity contribution in [1.29, 1.82) is 0 Å². The Bertz CT molecular complexity index is 515. The molecule has 7 nitrogen and oxygen atoms in total. The molecule has 1 heterocycles. The Balaban J connectivity index is 1.41. The number of nitrogens with zero attached hydrogens (tertiary/aromatic N) is 2. The molecule has 154 valence electrons. The number of hydrogen-bond acceptors (Lipinski definition) is 5. The summed E-state index contributed by atoms with van der Waals surface area (Å²) in [6.07, 6.45) is 6.56. The molecule has 27 heavy (non-hydrogen) atoms. The number of carboxylic acids is 1. The summed E-state index contributed by atoms with van der Waals surface area (Å²) in [5.41, 5.74) is 0.154. The monoisotopic (exact) mass is 398 g/mol. The molecule has 3 rings (SSSR count). The van der Waals surface area contributed by atoms with E-state index < -0.39 is 5.97 Å². The lowest BCUT2D eigenvalue weighted by molar-refractivity contribution is -0.139. The predicted octanol–water partition coefficient (Wildman–Crippen LogP) is 1.58. The summed E-state index contributed by atoms with van der Waals surface area (Å²) in [5.74, 6) is 1.60. The van der Waals surface area contributed by atoms with Crippen LogP contribution in [0, 0.1) is 0 Å². The van der Waals surface area contributed by atoms with Gasteiger partial charge in [0.25, 0.3) is 0 Å². The van der Waals surface area contributed by atoms with Gasteiger partial charge in [0.1, 0.15) is 0 Å². The fraction of sp³-hybridized carbons (Fsp3) is 0.895. The molecule has 1 aliphatic heterocycles. The largest absolute Gasteiger partial charge is 0.480 e. The molecule has 2 amide bonds. The summed E-state index contributed by atoms with van der Waals surface area (Å²) in [6.45, 7) is 5.79. The minimum Gasteiger partial charge on any atom is -0.480 e. The zero-order valence-corrected chi connectivity index (χ0v) is 17.2. The number of aliphatic carboxylic acids is 1. The van der Waals surface area contributed by atoms with Crippen molar-refractivity contribution >= 4 is 23.8 Å². The second kappa shape index (κ2) is 9.47. The molecule has 2 aliphatic carbocycles. The first kappa shape index (κ1) is 20.7. The van der Waals surface area contributed by atoms with Crippen LogP contribution in [0.3, 0.4) is 0 Å². The Morgan fingerprint density at radius 2 is 1.89 bits per heavy atom. The molecule has 0 aromatic heterocycles. The number of nitrogens with one attached hydrogen (secondary N) is 2. The van der Waals surface area contributed by atoms with Gasteiger partial charge in [0.05, 0.1) is 6.54 Å². The highest BCUT2D eigenvalue weighted by atomic mass is 32.2. The summed E-state index contributed by atoms with van der Waals surface area (Å²) in [4.78, 5) is 27.9. The smallest absolute Gasteiger partial charge is 0.317 e. The van der Waals surface area contributed by atoms with Gasteiger partial charge in [-0.15, -0.1) is 0 Å². The highest BCUT2D eigenvalue weighted by molar-refractivity contribution is 7.99. The molecule has 3 fully saturated rings. The normalized spacial score (nSPS) is 27.9. The maximum Gasteiger partial charge on any atom is 0.317 e. The molecule has 3 N–H and O–H groups in total. The Kier molecular flexibility index (Phi) is 7.28. The molecular formula is C19H34N4O3S. The first-order valence-electron chi connectivity index (χ1n) is 10.4. The zero-order chi connectivity index (χ0) is 19.3. The fourth-order valence-electron chi connectivity index (χ4n) is 4.83.